The average molecular weight is 226 g/mol. The van der Waals surface area contributed by atoms with Crippen LogP contribution in [0.2, 0.25) is 0 Å². The second kappa shape index (κ2) is 4.00. The van der Waals surface area contributed by atoms with Crippen molar-refractivity contribution in [1.29, 1.82) is 0 Å². The van der Waals surface area contributed by atoms with Gasteiger partial charge < -0.3 is 4.74 Å². The summed E-state index contributed by atoms with van der Waals surface area (Å²) in [7, 11) is 0. The minimum atomic E-state index is -0.399. The van der Waals surface area contributed by atoms with Crippen molar-refractivity contribution in [2.45, 2.75) is 70.1 Å². The quantitative estimate of drug-likeness (QED) is 0.665. The lowest BCUT2D eigenvalue weighted by Gasteiger charge is -2.23. The highest BCUT2D eigenvalue weighted by atomic mass is 16.6. The van der Waals surface area contributed by atoms with Gasteiger partial charge in [-0.05, 0) is 40.0 Å². The van der Waals surface area contributed by atoms with Gasteiger partial charge in [-0.1, -0.05) is 12.8 Å². The second-order valence-electron chi connectivity index (χ2n) is 6.05. The van der Waals surface area contributed by atoms with Gasteiger partial charge in [0.25, 0.3) is 0 Å². The molecule has 2 rings (SSSR count). The molecule has 4 nitrogen and oxygen atoms in total. The Kier molecular flexibility index (Phi) is 2.97. The number of rotatable bonds is 1. The van der Waals surface area contributed by atoms with Crippen molar-refractivity contribution in [2.75, 3.05) is 0 Å². The summed E-state index contributed by atoms with van der Waals surface area (Å²) in [6.07, 6.45) is 5.71. The number of esters is 1. The lowest BCUT2D eigenvalue weighted by molar-refractivity contribution is -0.157. The van der Waals surface area contributed by atoms with E-state index >= 15 is 0 Å². The molecule has 1 unspecified atom stereocenters. The molecule has 92 valence electrons. The summed E-state index contributed by atoms with van der Waals surface area (Å²) in [6.45, 7) is 5.70. The summed E-state index contributed by atoms with van der Waals surface area (Å²) in [5.74, 6) is -0.135. The molecule has 1 aliphatic carbocycles. The number of ether oxygens (including phenoxy) is 1. The zero-order valence-corrected chi connectivity index (χ0v) is 10.4. The second-order valence-corrected chi connectivity index (χ2v) is 6.05. The predicted octanol–water partition coefficient (Wildman–Crippen LogP) is 1.51. The largest absolute Gasteiger partial charge is 0.459 e. The Hall–Kier alpha value is -0.610. The fourth-order valence-electron chi connectivity index (χ4n) is 2.63. The fourth-order valence-corrected chi connectivity index (χ4v) is 2.63. The first-order valence-corrected chi connectivity index (χ1v) is 6.16. The predicted molar refractivity (Wildman–Crippen MR) is 61.7 cm³/mol. The van der Waals surface area contributed by atoms with E-state index in [1.807, 2.05) is 20.8 Å². The maximum Gasteiger partial charge on any atom is 0.325 e. The molecule has 0 amide bonds. The Morgan fingerprint density at radius 2 is 1.94 bits per heavy atom. The van der Waals surface area contributed by atoms with Gasteiger partial charge in [0, 0.05) is 5.54 Å². The standard InChI is InChI=1S/C12H22N2O2/c1-11(2,3)16-10(15)9-8-12(14-13-9)6-4-5-7-12/h9,13-14H,4-8H2,1-3H3. The molecule has 2 fully saturated rings. The summed E-state index contributed by atoms with van der Waals surface area (Å²) < 4.78 is 5.38. The van der Waals surface area contributed by atoms with Crippen molar-refractivity contribution in [2.24, 2.45) is 0 Å². The lowest BCUT2D eigenvalue weighted by Crippen LogP contribution is -2.43. The summed E-state index contributed by atoms with van der Waals surface area (Å²) in [5, 5.41) is 0. The van der Waals surface area contributed by atoms with Crippen LogP contribution in [0, 0.1) is 0 Å². The van der Waals surface area contributed by atoms with Crippen LogP contribution in [0.25, 0.3) is 0 Å². The highest BCUT2D eigenvalue weighted by molar-refractivity contribution is 5.76. The molecule has 0 aromatic heterocycles. The molecule has 1 heterocycles. The van der Waals surface area contributed by atoms with Gasteiger partial charge in [-0.25, -0.2) is 5.43 Å². The van der Waals surface area contributed by atoms with E-state index in [2.05, 4.69) is 10.9 Å². The molecular weight excluding hydrogens is 204 g/mol. The van der Waals surface area contributed by atoms with Gasteiger partial charge in [0.05, 0.1) is 0 Å². The fraction of sp³-hybridized carbons (Fsp3) is 0.917. The van der Waals surface area contributed by atoms with E-state index in [1.54, 1.807) is 0 Å². The number of hydrazine groups is 1. The van der Waals surface area contributed by atoms with Gasteiger partial charge in [-0.2, -0.15) is 0 Å². The molecule has 1 aliphatic heterocycles. The summed E-state index contributed by atoms with van der Waals surface area (Å²) in [5.41, 5.74) is 6.14. The Labute approximate surface area is 97.1 Å². The zero-order valence-electron chi connectivity index (χ0n) is 10.4. The van der Waals surface area contributed by atoms with Crippen LogP contribution in [-0.4, -0.2) is 23.2 Å². The summed E-state index contributed by atoms with van der Waals surface area (Å²) >= 11 is 0. The Morgan fingerprint density at radius 3 is 2.50 bits per heavy atom. The first-order chi connectivity index (χ1) is 7.40. The smallest absolute Gasteiger partial charge is 0.325 e. The van der Waals surface area contributed by atoms with Gasteiger partial charge in [0.2, 0.25) is 0 Å². The maximum atomic E-state index is 11.9. The molecule has 0 aromatic carbocycles. The molecule has 0 aromatic rings. The van der Waals surface area contributed by atoms with Crippen LogP contribution in [0.1, 0.15) is 52.9 Å². The van der Waals surface area contributed by atoms with Crippen molar-refractivity contribution >= 4 is 5.97 Å². The third-order valence-corrected chi connectivity index (χ3v) is 3.36. The Morgan fingerprint density at radius 1 is 1.31 bits per heavy atom. The first-order valence-electron chi connectivity index (χ1n) is 6.16. The molecule has 1 spiro atoms. The van der Waals surface area contributed by atoms with Crippen molar-refractivity contribution in [3.05, 3.63) is 0 Å². The third kappa shape index (κ3) is 2.55. The molecule has 4 heteroatoms. The van der Waals surface area contributed by atoms with Crippen LogP contribution in [0.3, 0.4) is 0 Å². The Bertz CT molecular complexity index is 277. The van der Waals surface area contributed by atoms with Gasteiger partial charge in [0.1, 0.15) is 11.6 Å². The first kappa shape index (κ1) is 11.9. The Balaban J connectivity index is 1.91. The topological polar surface area (TPSA) is 50.4 Å². The van der Waals surface area contributed by atoms with E-state index in [0.717, 1.165) is 6.42 Å². The van der Waals surface area contributed by atoms with Crippen LogP contribution < -0.4 is 10.9 Å². The van der Waals surface area contributed by atoms with E-state index in [9.17, 15) is 4.79 Å². The molecule has 16 heavy (non-hydrogen) atoms. The van der Waals surface area contributed by atoms with Crippen LogP contribution >= 0.6 is 0 Å². The van der Waals surface area contributed by atoms with Crippen molar-refractivity contribution < 1.29 is 9.53 Å². The summed E-state index contributed by atoms with van der Waals surface area (Å²) in [6, 6.07) is -0.183. The van der Waals surface area contributed by atoms with Crippen molar-refractivity contribution in [3.8, 4) is 0 Å². The monoisotopic (exact) mass is 226 g/mol. The van der Waals surface area contributed by atoms with Crippen molar-refractivity contribution in [3.63, 3.8) is 0 Å². The summed E-state index contributed by atoms with van der Waals surface area (Å²) in [4.78, 5) is 11.9. The molecule has 1 saturated carbocycles. The number of hydrogen-bond acceptors (Lipinski definition) is 4. The van der Waals surface area contributed by atoms with E-state index in [1.165, 1.54) is 25.7 Å². The molecular formula is C12H22N2O2. The van der Waals surface area contributed by atoms with E-state index in [0.29, 0.717) is 0 Å². The highest BCUT2D eigenvalue weighted by Crippen LogP contribution is 2.36. The van der Waals surface area contributed by atoms with Crippen LogP contribution in [0.5, 0.6) is 0 Å². The molecule has 1 saturated heterocycles. The maximum absolute atomic E-state index is 11.9. The SMILES string of the molecule is CC(C)(C)OC(=O)C1CC2(CCCC2)NN1. The third-order valence-electron chi connectivity index (χ3n) is 3.36. The van der Waals surface area contributed by atoms with Crippen molar-refractivity contribution in [1.82, 2.24) is 10.9 Å². The molecule has 2 N–H and O–H groups in total. The van der Waals surface area contributed by atoms with Gasteiger partial charge in [0.15, 0.2) is 0 Å². The molecule has 1 atom stereocenters. The van der Waals surface area contributed by atoms with E-state index in [-0.39, 0.29) is 17.6 Å². The minimum Gasteiger partial charge on any atom is -0.459 e. The minimum absolute atomic E-state index is 0.135. The van der Waals surface area contributed by atoms with Gasteiger partial charge in [-0.3, -0.25) is 10.2 Å². The zero-order chi connectivity index (χ0) is 11.8. The highest BCUT2D eigenvalue weighted by Gasteiger charge is 2.44. The molecule has 0 radical (unpaired) electrons. The molecule has 0 bridgehead atoms. The van der Waals surface area contributed by atoms with Crippen LogP contribution in [-0.2, 0) is 9.53 Å². The number of carbonyl (C=O) groups excluding carboxylic acids is 1. The molecule has 2 aliphatic rings. The number of carbonyl (C=O) groups is 1. The van der Waals surface area contributed by atoms with E-state index in [4.69, 9.17) is 4.74 Å². The van der Waals surface area contributed by atoms with Gasteiger partial charge >= 0.3 is 5.97 Å². The van der Waals surface area contributed by atoms with Crippen LogP contribution in [0.15, 0.2) is 0 Å². The van der Waals surface area contributed by atoms with E-state index < -0.39 is 5.60 Å². The normalized spacial score (nSPS) is 28.6. The average Bonchev–Trinajstić information content (AvgIpc) is 2.74. The number of hydrogen-bond donors (Lipinski definition) is 2. The number of nitrogens with one attached hydrogen (secondary N) is 2. The van der Waals surface area contributed by atoms with Gasteiger partial charge in [-0.15, -0.1) is 0 Å². The lowest BCUT2D eigenvalue weighted by atomic mass is 9.92. The van der Waals surface area contributed by atoms with Crippen LogP contribution in [0.4, 0.5) is 0 Å².